The van der Waals surface area contributed by atoms with Gasteiger partial charge in [-0.3, -0.25) is 0 Å². The van der Waals surface area contributed by atoms with Gasteiger partial charge in [-0.25, -0.2) is 0 Å². The maximum absolute atomic E-state index is 13.6. The Morgan fingerprint density at radius 1 is 0.841 bits per heavy atom. The quantitative estimate of drug-likeness (QED) is 0.0638. The van der Waals surface area contributed by atoms with E-state index in [4.69, 9.17) is 0 Å². The Labute approximate surface area is 268 Å². The third-order valence-electron chi connectivity index (χ3n) is 8.28. The fourth-order valence-electron chi connectivity index (χ4n) is 5.29. The fourth-order valence-corrected chi connectivity index (χ4v) is 8.72. The van der Waals surface area contributed by atoms with E-state index >= 15 is 0 Å². The maximum atomic E-state index is 13.6. The van der Waals surface area contributed by atoms with Crippen molar-refractivity contribution >= 4 is 11.6 Å². The van der Waals surface area contributed by atoms with Gasteiger partial charge in [-0.2, -0.15) is 0 Å². The Bertz CT molecular complexity index is 1310. The zero-order chi connectivity index (χ0) is 31.7. The van der Waals surface area contributed by atoms with Crippen molar-refractivity contribution in [1.29, 1.82) is 0 Å². The summed E-state index contributed by atoms with van der Waals surface area (Å²) in [5.41, 5.74) is 2.86. The summed E-state index contributed by atoms with van der Waals surface area (Å²) in [5, 5.41) is 58.4. The number of aliphatic hydroxyl groups is 6. The molecule has 44 heavy (non-hydrogen) atoms. The topological polar surface area (TPSA) is 142 Å². The molecule has 0 unspecified atom stereocenters. The Hall–Kier alpha value is -2.45. The second-order valence-corrected chi connectivity index (χ2v) is 14.6. The number of carbonyl (C=O) groups excluding carboxylic acids is 1. The van der Waals surface area contributed by atoms with Crippen LogP contribution in [0.5, 0.6) is 0 Å². The van der Waals surface area contributed by atoms with Gasteiger partial charge in [0.1, 0.15) is 0 Å². The summed E-state index contributed by atoms with van der Waals surface area (Å²) < 4.78 is 13.6. The van der Waals surface area contributed by atoms with Gasteiger partial charge in [0.15, 0.2) is 0 Å². The monoisotopic (exact) mass is 722 g/mol. The SMILES string of the molecule is O=C1[C@H]([I-]C[C@H](O)c2ccc(F)cc2)[C@@H](c2ccc(CCC(O)(CO)CO)cc2)N1c1ccc(CCCC(CO)CO)cc1. The summed E-state index contributed by atoms with van der Waals surface area (Å²) in [4.78, 5) is 15.4. The molecule has 1 aliphatic rings. The number of rotatable bonds is 17. The first kappa shape index (κ1) is 34.4. The second kappa shape index (κ2) is 16.2. The molecule has 3 atom stereocenters. The van der Waals surface area contributed by atoms with E-state index in [9.17, 15) is 39.8 Å². The van der Waals surface area contributed by atoms with E-state index in [1.54, 1.807) is 17.0 Å². The Balaban J connectivity index is 1.49. The van der Waals surface area contributed by atoms with E-state index in [0.29, 0.717) is 16.4 Å². The van der Waals surface area contributed by atoms with Crippen LogP contribution in [0.15, 0.2) is 72.8 Å². The van der Waals surface area contributed by atoms with E-state index in [0.717, 1.165) is 41.6 Å². The summed E-state index contributed by atoms with van der Waals surface area (Å²) in [5.74, 6) is -0.472. The number of nitrogens with zero attached hydrogens (tertiary/aromatic N) is 1. The molecule has 1 saturated heterocycles. The summed E-state index contributed by atoms with van der Waals surface area (Å²) in [6.07, 6.45) is 2.25. The molecule has 1 heterocycles. The van der Waals surface area contributed by atoms with Crippen LogP contribution in [-0.4, -0.2) is 76.9 Å². The van der Waals surface area contributed by atoms with Gasteiger partial charge in [-0.15, -0.1) is 0 Å². The number of hydrogen-bond acceptors (Lipinski definition) is 7. The van der Waals surface area contributed by atoms with E-state index in [2.05, 4.69) is 0 Å². The van der Waals surface area contributed by atoms with Crippen molar-refractivity contribution in [2.75, 3.05) is 35.8 Å². The molecule has 8 nitrogen and oxygen atoms in total. The van der Waals surface area contributed by atoms with Crippen LogP contribution in [0.4, 0.5) is 10.1 Å². The minimum absolute atomic E-state index is 0.00983. The molecule has 1 fully saturated rings. The predicted molar refractivity (Wildman–Crippen MR) is 161 cm³/mol. The Morgan fingerprint density at radius 3 is 2.02 bits per heavy atom. The summed E-state index contributed by atoms with van der Waals surface area (Å²) in [7, 11) is 0. The normalized spacial score (nSPS) is 17.7. The van der Waals surface area contributed by atoms with Crippen LogP contribution >= 0.6 is 0 Å². The van der Waals surface area contributed by atoms with Crippen molar-refractivity contribution in [2.24, 2.45) is 5.92 Å². The van der Waals surface area contributed by atoms with Gasteiger partial charge < -0.3 is 10.2 Å². The Morgan fingerprint density at radius 2 is 1.43 bits per heavy atom. The first-order valence-electron chi connectivity index (χ1n) is 14.9. The number of benzene rings is 3. The van der Waals surface area contributed by atoms with Crippen molar-refractivity contribution in [3.63, 3.8) is 0 Å². The van der Waals surface area contributed by atoms with Gasteiger partial charge in [-0.1, -0.05) is 0 Å². The second-order valence-electron chi connectivity index (χ2n) is 11.5. The molecular weight excluding hydrogens is 680 g/mol. The number of aryl methyl sites for hydroxylation is 2. The van der Waals surface area contributed by atoms with Crippen LogP contribution in [0, 0.1) is 11.7 Å². The van der Waals surface area contributed by atoms with Crippen molar-refractivity contribution in [3.05, 3.63) is 101 Å². The van der Waals surface area contributed by atoms with Crippen LogP contribution in [0.25, 0.3) is 0 Å². The number of aliphatic hydroxyl groups excluding tert-OH is 5. The van der Waals surface area contributed by atoms with Crippen LogP contribution in [0.1, 0.15) is 53.7 Å². The molecule has 3 aromatic rings. The minimum atomic E-state index is -1.54. The van der Waals surface area contributed by atoms with Gasteiger partial charge >= 0.3 is 259 Å². The van der Waals surface area contributed by atoms with E-state index < -0.39 is 46.1 Å². The molecule has 6 N–H and O–H groups in total. The van der Waals surface area contributed by atoms with Gasteiger partial charge in [-0.05, 0) is 0 Å². The van der Waals surface area contributed by atoms with Crippen LogP contribution in [-0.2, 0) is 17.6 Å². The van der Waals surface area contributed by atoms with Crippen molar-refractivity contribution < 1.29 is 61.0 Å². The zero-order valence-electron chi connectivity index (χ0n) is 24.6. The van der Waals surface area contributed by atoms with E-state index in [1.807, 2.05) is 48.5 Å². The fraction of sp³-hybridized carbons (Fsp3) is 0.441. The van der Waals surface area contributed by atoms with Crippen molar-refractivity contribution in [2.45, 2.75) is 53.8 Å². The van der Waals surface area contributed by atoms with Crippen LogP contribution in [0.2, 0.25) is 0 Å². The molecule has 4 rings (SSSR count). The molecule has 0 aromatic heterocycles. The molecule has 0 saturated carbocycles. The third kappa shape index (κ3) is 8.63. The zero-order valence-corrected chi connectivity index (χ0v) is 26.8. The number of β-lactam (4-membered cyclic amide) rings is 1. The molecule has 1 amide bonds. The molecule has 0 spiro atoms. The molecule has 10 heteroatoms. The third-order valence-corrected chi connectivity index (χ3v) is 11.8. The standard InChI is InChI=1S/C34H42FINO7/c35-28-12-10-26(11-13-28)30(42)18-36-31-32(27-8-4-24(5-9-27)16-17-34(44,21-40)22-41)37(33(31)43)29-14-6-23(7-15-29)2-1-3-25(19-38)20-39/h4-15,25,30-32,38-42,44H,1-3,16-22H2/q-1/t30-,31+,32+/m0/s1. The molecule has 0 bridgehead atoms. The summed E-state index contributed by atoms with van der Waals surface area (Å²) >= 11 is -0.775. The Kier molecular flexibility index (Phi) is 12.7. The van der Waals surface area contributed by atoms with Crippen molar-refractivity contribution in [3.8, 4) is 0 Å². The van der Waals surface area contributed by atoms with Gasteiger partial charge in [0.05, 0.1) is 0 Å². The van der Waals surface area contributed by atoms with E-state index in [1.165, 1.54) is 12.1 Å². The van der Waals surface area contributed by atoms with Gasteiger partial charge in [0.2, 0.25) is 0 Å². The summed E-state index contributed by atoms with van der Waals surface area (Å²) in [6.45, 7) is -1.12. The molecule has 3 aromatic carbocycles. The number of carbonyl (C=O) groups is 1. The molecule has 0 aliphatic carbocycles. The molecule has 1 aliphatic heterocycles. The molecular formula is C34H42FINO7-. The number of amides is 1. The van der Waals surface area contributed by atoms with E-state index in [-0.39, 0.29) is 47.2 Å². The van der Waals surface area contributed by atoms with Crippen molar-refractivity contribution in [1.82, 2.24) is 0 Å². The molecule has 240 valence electrons. The average Bonchev–Trinajstić information content (AvgIpc) is 3.05. The van der Waals surface area contributed by atoms with Crippen LogP contribution < -0.4 is 26.1 Å². The van der Waals surface area contributed by atoms with Gasteiger partial charge in [0.25, 0.3) is 0 Å². The molecule has 0 radical (unpaired) electrons. The van der Waals surface area contributed by atoms with Crippen LogP contribution in [0.3, 0.4) is 0 Å². The number of hydrogen-bond donors (Lipinski definition) is 6. The first-order chi connectivity index (χ1) is 21.2. The number of alkyl halides is 2. The van der Waals surface area contributed by atoms with Gasteiger partial charge in [0, 0.05) is 0 Å². The summed E-state index contributed by atoms with van der Waals surface area (Å²) in [6, 6.07) is 21.3. The number of anilines is 1. The number of halogens is 2. The predicted octanol–water partition coefficient (Wildman–Crippen LogP) is -0.323. The average molecular weight is 723 g/mol. The first-order valence-corrected chi connectivity index (χ1v) is 17.7.